The van der Waals surface area contributed by atoms with E-state index in [0.717, 1.165) is 12.2 Å². The monoisotopic (exact) mass is 277 g/mol. The lowest BCUT2D eigenvalue weighted by Gasteiger charge is -2.10. The van der Waals surface area contributed by atoms with Gasteiger partial charge in [-0.05, 0) is 25.1 Å². The summed E-state index contributed by atoms with van der Waals surface area (Å²) in [7, 11) is 1.29. The summed E-state index contributed by atoms with van der Waals surface area (Å²) in [6, 6.07) is 4.07. The number of imidazole rings is 1. The lowest BCUT2D eigenvalue weighted by molar-refractivity contribution is 0.0600. The number of hydrogen-bond acceptors (Lipinski definition) is 4. The summed E-state index contributed by atoms with van der Waals surface area (Å²) in [6.07, 6.45) is 3.44. The molecule has 20 heavy (non-hydrogen) atoms. The molecule has 6 heteroatoms. The van der Waals surface area contributed by atoms with Crippen LogP contribution in [0.3, 0.4) is 0 Å². The summed E-state index contributed by atoms with van der Waals surface area (Å²) in [4.78, 5) is 15.5. The van der Waals surface area contributed by atoms with E-state index < -0.39 is 11.8 Å². The van der Waals surface area contributed by atoms with Crippen molar-refractivity contribution in [1.29, 1.82) is 0 Å². The van der Waals surface area contributed by atoms with E-state index in [1.807, 2.05) is 11.5 Å². The average molecular weight is 277 g/mol. The summed E-state index contributed by atoms with van der Waals surface area (Å²) >= 11 is 0. The van der Waals surface area contributed by atoms with Gasteiger partial charge >= 0.3 is 5.97 Å². The number of hydrogen-bond donors (Lipinski definition) is 1. The number of benzene rings is 1. The Morgan fingerprint density at radius 3 is 3.00 bits per heavy atom. The average Bonchev–Trinajstić information content (AvgIpc) is 2.93. The van der Waals surface area contributed by atoms with Crippen LogP contribution in [0.15, 0.2) is 30.7 Å². The fraction of sp³-hybridized carbons (Fsp3) is 0.286. The molecule has 0 unspecified atom stereocenters. The van der Waals surface area contributed by atoms with Gasteiger partial charge in [0.1, 0.15) is 5.82 Å². The number of nitrogens with one attached hydrogen (secondary N) is 1. The lowest BCUT2D eigenvalue weighted by Crippen LogP contribution is -2.08. The zero-order chi connectivity index (χ0) is 14.5. The molecule has 2 aromatic rings. The van der Waals surface area contributed by atoms with Crippen molar-refractivity contribution in [2.45, 2.75) is 20.0 Å². The molecule has 0 amide bonds. The summed E-state index contributed by atoms with van der Waals surface area (Å²) < 4.78 is 20.3. The van der Waals surface area contributed by atoms with E-state index in [-0.39, 0.29) is 5.69 Å². The summed E-state index contributed by atoms with van der Waals surface area (Å²) in [5, 5.41) is 2.97. The molecule has 0 saturated carbocycles. The molecule has 0 radical (unpaired) electrons. The normalized spacial score (nSPS) is 10.3. The molecule has 0 aliphatic carbocycles. The molecule has 0 aliphatic heterocycles. The van der Waals surface area contributed by atoms with E-state index >= 15 is 0 Å². The van der Waals surface area contributed by atoms with Crippen LogP contribution in [0.2, 0.25) is 0 Å². The number of carbonyl (C=O) groups is 1. The molecule has 1 N–H and O–H groups in total. The smallest absolute Gasteiger partial charge is 0.337 e. The van der Waals surface area contributed by atoms with Crippen LogP contribution in [0, 0.1) is 5.82 Å². The standard InChI is InChI=1S/C14H16FN3O2/c1-3-18-9-16-7-11(18)8-17-13-6-10(14(19)20-2)4-5-12(13)15/h4-7,9,17H,3,8H2,1-2H3. The minimum absolute atomic E-state index is 0.261. The molecule has 2 rings (SSSR count). The van der Waals surface area contributed by atoms with Gasteiger partial charge in [-0.2, -0.15) is 0 Å². The van der Waals surface area contributed by atoms with Crippen molar-refractivity contribution in [3.05, 3.63) is 47.8 Å². The number of anilines is 1. The van der Waals surface area contributed by atoms with E-state index in [4.69, 9.17) is 0 Å². The quantitative estimate of drug-likeness (QED) is 0.853. The first-order chi connectivity index (χ1) is 9.65. The second-order valence-corrected chi connectivity index (χ2v) is 4.21. The molecular formula is C14H16FN3O2. The van der Waals surface area contributed by atoms with Crippen LogP contribution in [-0.4, -0.2) is 22.6 Å². The van der Waals surface area contributed by atoms with Gasteiger partial charge in [-0.3, -0.25) is 0 Å². The zero-order valence-corrected chi connectivity index (χ0v) is 11.4. The third-order valence-corrected chi connectivity index (χ3v) is 2.99. The molecule has 0 fully saturated rings. The first-order valence-corrected chi connectivity index (χ1v) is 6.26. The highest BCUT2D eigenvalue weighted by Gasteiger charge is 2.10. The molecule has 0 bridgehead atoms. The molecule has 1 aromatic carbocycles. The third kappa shape index (κ3) is 2.96. The Kier molecular flexibility index (Phi) is 4.34. The van der Waals surface area contributed by atoms with Gasteiger partial charge in [-0.15, -0.1) is 0 Å². The highest BCUT2D eigenvalue weighted by Crippen LogP contribution is 2.17. The minimum atomic E-state index is -0.494. The van der Waals surface area contributed by atoms with Crippen LogP contribution in [0.1, 0.15) is 23.0 Å². The second-order valence-electron chi connectivity index (χ2n) is 4.21. The Labute approximate surface area is 116 Å². The van der Waals surface area contributed by atoms with Crippen LogP contribution in [0.25, 0.3) is 0 Å². The Bertz CT molecular complexity index is 610. The largest absolute Gasteiger partial charge is 0.465 e. The van der Waals surface area contributed by atoms with Gasteiger partial charge in [-0.25, -0.2) is 14.2 Å². The molecule has 1 heterocycles. The van der Waals surface area contributed by atoms with E-state index in [1.54, 1.807) is 12.5 Å². The first kappa shape index (κ1) is 14.0. The van der Waals surface area contributed by atoms with E-state index in [2.05, 4.69) is 15.0 Å². The molecule has 1 aromatic heterocycles. The Morgan fingerprint density at radius 1 is 1.50 bits per heavy atom. The topological polar surface area (TPSA) is 56.2 Å². The number of halogens is 1. The van der Waals surface area contributed by atoms with Crippen LogP contribution in [-0.2, 0) is 17.8 Å². The first-order valence-electron chi connectivity index (χ1n) is 6.26. The van der Waals surface area contributed by atoms with Crippen molar-refractivity contribution in [1.82, 2.24) is 9.55 Å². The van der Waals surface area contributed by atoms with Crippen molar-refractivity contribution in [2.75, 3.05) is 12.4 Å². The van der Waals surface area contributed by atoms with Gasteiger partial charge < -0.3 is 14.6 Å². The van der Waals surface area contributed by atoms with Crippen molar-refractivity contribution in [2.24, 2.45) is 0 Å². The van der Waals surface area contributed by atoms with Gasteiger partial charge in [0.05, 0.1) is 36.9 Å². The number of nitrogens with zero attached hydrogens (tertiary/aromatic N) is 2. The van der Waals surface area contributed by atoms with Crippen molar-refractivity contribution < 1.29 is 13.9 Å². The number of aryl methyl sites for hydroxylation is 1. The van der Waals surface area contributed by atoms with Gasteiger partial charge in [0, 0.05) is 12.7 Å². The number of ether oxygens (including phenoxy) is 1. The van der Waals surface area contributed by atoms with Crippen LogP contribution in [0.4, 0.5) is 10.1 Å². The van der Waals surface area contributed by atoms with Gasteiger partial charge in [0.15, 0.2) is 0 Å². The maximum absolute atomic E-state index is 13.7. The molecule has 0 saturated heterocycles. The van der Waals surface area contributed by atoms with Crippen LogP contribution >= 0.6 is 0 Å². The molecular weight excluding hydrogens is 261 g/mol. The summed E-state index contributed by atoms with van der Waals surface area (Å²) in [6.45, 7) is 3.22. The Balaban J connectivity index is 2.14. The lowest BCUT2D eigenvalue weighted by atomic mass is 10.2. The maximum atomic E-state index is 13.7. The second kappa shape index (κ2) is 6.18. The number of methoxy groups -OCH3 is 1. The number of carbonyl (C=O) groups excluding carboxylic acids is 1. The molecule has 0 spiro atoms. The third-order valence-electron chi connectivity index (χ3n) is 2.99. The Hall–Kier alpha value is -2.37. The number of aromatic nitrogens is 2. The SMILES string of the molecule is CCn1cncc1CNc1cc(C(=O)OC)ccc1F. The van der Waals surface area contributed by atoms with Crippen molar-refractivity contribution in [3.8, 4) is 0 Å². The van der Waals surface area contributed by atoms with Crippen molar-refractivity contribution >= 4 is 11.7 Å². The van der Waals surface area contributed by atoms with Gasteiger partial charge in [0.25, 0.3) is 0 Å². The van der Waals surface area contributed by atoms with Gasteiger partial charge in [-0.1, -0.05) is 0 Å². The van der Waals surface area contributed by atoms with Crippen molar-refractivity contribution in [3.63, 3.8) is 0 Å². The maximum Gasteiger partial charge on any atom is 0.337 e. The van der Waals surface area contributed by atoms with Crippen LogP contribution in [0.5, 0.6) is 0 Å². The van der Waals surface area contributed by atoms with Crippen LogP contribution < -0.4 is 5.32 Å². The number of rotatable bonds is 5. The summed E-state index contributed by atoms with van der Waals surface area (Å²) in [5.74, 6) is -0.910. The molecule has 0 aliphatic rings. The van der Waals surface area contributed by atoms with E-state index in [1.165, 1.54) is 25.3 Å². The fourth-order valence-corrected chi connectivity index (χ4v) is 1.87. The predicted octanol–water partition coefficient (Wildman–Crippen LogP) is 2.44. The molecule has 5 nitrogen and oxygen atoms in total. The predicted molar refractivity (Wildman–Crippen MR) is 73.0 cm³/mol. The minimum Gasteiger partial charge on any atom is -0.465 e. The van der Waals surface area contributed by atoms with E-state index in [9.17, 15) is 9.18 Å². The van der Waals surface area contributed by atoms with E-state index in [0.29, 0.717) is 12.1 Å². The zero-order valence-electron chi connectivity index (χ0n) is 11.4. The highest BCUT2D eigenvalue weighted by molar-refractivity contribution is 5.90. The summed E-state index contributed by atoms with van der Waals surface area (Å²) in [5.41, 5.74) is 1.51. The number of esters is 1. The Morgan fingerprint density at radius 2 is 2.30 bits per heavy atom. The highest BCUT2D eigenvalue weighted by atomic mass is 19.1. The molecule has 106 valence electrons. The molecule has 0 atom stereocenters. The fourth-order valence-electron chi connectivity index (χ4n) is 1.87. The van der Waals surface area contributed by atoms with Gasteiger partial charge in [0.2, 0.25) is 0 Å².